The Bertz CT molecular complexity index is 623. The Balaban J connectivity index is 2.30. The molecule has 0 fully saturated rings. The second-order valence-corrected chi connectivity index (χ2v) is 5.53. The van der Waals surface area contributed by atoms with Gasteiger partial charge in [0, 0.05) is 42.9 Å². The van der Waals surface area contributed by atoms with Crippen molar-refractivity contribution < 1.29 is 14.2 Å². The first-order valence-corrected chi connectivity index (χ1v) is 8.29. The highest BCUT2D eigenvalue weighted by Crippen LogP contribution is 2.35. The predicted molar refractivity (Wildman–Crippen MR) is 98.9 cm³/mol. The second kappa shape index (κ2) is 8.48. The maximum absolute atomic E-state index is 5.53. The number of rotatable bonds is 8. The van der Waals surface area contributed by atoms with Crippen molar-refractivity contribution >= 4 is 5.69 Å². The van der Waals surface area contributed by atoms with Crippen LogP contribution in [0.5, 0.6) is 17.2 Å². The lowest BCUT2D eigenvalue weighted by molar-refractivity contribution is 0.370. The lowest BCUT2D eigenvalue weighted by Crippen LogP contribution is -2.21. The Kier molecular flexibility index (Phi) is 6.36. The van der Waals surface area contributed by atoms with Gasteiger partial charge in [0.05, 0.1) is 21.3 Å². The summed E-state index contributed by atoms with van der Waals surface area (Å²) in [5, 5.41) is 0. The molecule has 0 spiro atoms. The van der Waals surface area contributed by atoms with Crippen LogP contribution in [-0.4, -0.2) is 34.4 Å². The number of anilines is 1. The summed E-state index contributed by atoms with van der Waals surface area (Å²) in [5.74, 6) is 2.28. The molecule has 0 atom stereocenters. The van der Waals surface area contributed by atoms with Crippen molar-refractivity contribution in [1.82, 2.24) is 0 Å². The van der Waals surface area contributed by atoms with Crippen molar-refractivity contribution in [2.24, 2.45) is 0 Å². The number of methoxy groups -OCH3 is 3. The highest BCUT2D eigenvalue weighted by Gasteiger charge is 2.14. The molecule has 0 aliphatic rings. The molecule has 130 valence electrons. The molecule has 24 heavy (non-hydrogen) atoms. The first-order chi connectivity index (χ1) is 11.7. The van der Waals surface area contributed by atoms with Crippen molar-refractivity contribution in [2.45, 2.75) is 20.3 Å². The van der Waals surface area contributed by atoms with Crippen LogP contribution in [0.1, 0.15) is 25.0 Å². The van der Waals surface area contributed by atoms with Crippen molar-refractivity contribution in [1.29, 1.82) is 0 Å². The number of hydrogen-bond acceptors (Lipinski definition) is 4. The van der Waals surface area contributed by atoms with Gasteiger partial charge in [0.2, 0.25) is 0 Å². The Hall–Kier alpha value is -2.36. The van der Waals surface area contributed by atoms with Crippen LogP contribution in [0.3, 0.4) is 0 Å². The zero-order valence-corrected chi connectivity index (χ0v) is 15.3. The monoisotopic (exact) mass is 329 g/mol. The van der Waals surface area contributed by atoms with Crippen molar-refractivity contribution in [3.05, 3.63) is 47.5 Å². The maximum Gasteiger partial charge on any atom is 0.129 e. The molecule has 4 nitrogen and oxygen atoms in total. The first kappa shape index (κ1) is 18.0. The topological polar surface area (TPSA) is 30.9 Å². The van der Waals surface area contributed by atoms with Crippen molar-refractivity contribution in [2.75, 3.05) is 39.3 Å². The van der Waals surface area contributed by atoms with E-state index in [0.717, 1.165) is 42.3 Å². The van der Waals surface area contributed by atoms with E-state index in [9.17, 15) is 0 Å². The van der Waals surface area contributed by atoms with Crippen LogP contribution in [0, 0.1) is 0 Å². The van der Waals surface area contributed by atoms with Crippen molar-refractivity contribution in [3.63, 3.8) is 0 Å². The van der Waals surface area contributed by atoms with E-state index in [2.05, 4.69) is 43.0 Å². The third-order valence-corrected chi connectivity index (χ3v) is 4.26. The van der Waals surface area contributed by atoms with Gasteiger partial charge in [0.25, 0.3) is 0 Å². The number of nitrogens with zero attached hydrogens (tertiary/aromatic N) is 1. The summed E-state index contributed by atoms with van der Waals surface area (Å²) >= 11 is 0. The number of ether oxygens (including phenoxy) is 3. The van der Waals surface area contributed by atoms with Gasteiger partial charge in [-0.3, -0.25) is 0 Å². The summed E-state index contributed by atoms with van der Waals surface area (Å²) in [5.41, 5.74) is 3.49. The Morgan fingerprint density at radius 2 is 1.33 bits per heavy atom. The van der Waals surface area contributed by atoms with E-state index in [1.54, 1.807) is 21.3 Å². The number of hydrogen-bond donors (Lipinski definition) is 0. The molecule has 2 aromatic carbocycles. The van der Waals surface area contributed by atoms with E-state index in [4.69, 9.17) is 14.2 Å². The van der Waals surface area contributed by atoms with Gasteiger partial charge in [0.15, 0.2) is 0 Å². The molecule has 0 aliphatic carbocycles. The maximum atomic E-state index is 5.53. The largest absolute Gasteiger partial charge is 0.496 e. The third-order valence-electron chi connectivity index (χ3n) is 4.26. The SMILES string of the molecule is CCN(CC)c1ccc(Cc2c(OC)cc(OC)cc2OC)cc1. The van der Waals surface area contributed by atoms with E-state index in [1.165, 1.54) is 11.3 Å². The average Bonchev–Trinajstić information content (AvgIpc) is 2.64. The van der Waals surface area contributed by atoms with Crippen molar-refractivity contribution in [3.8, 4) is 17.2 Å². The molecule has 0 aromatic heterocycles. The van der Waals surface area contributed by atoms with E-state index in [1.807, 2.05) is 12.1 Å². The van der Waals surface area contributed by atoms with E-state index < -0.39 is 0 Å². The van der Waals surface area contributed by atoms with Gasteiger partial charge in [-0.15, -0.1) is 0 Å². The summed E-state index contributed by atoms with van der Waals surface area (Å²) in [6.45, 7) is 6.36. The highest BCUT2D eigenvalue weighted by molar-refractivity contribution is 5.54. The molecule has 2 aromatic rings. The fraction of sp³-hybridized carbons (Fsp3) is 0.400. The summed E-state index contributed by atoms with van der Waals surface area (Å²) in [6, 6.07) is 12.5. The summed E-state index contributed by atoms with van der Waals surface area (Å²) in [4.78, 5) is 2.33. The molecular formula is C20H27NO3. The van der Waals surface area contributed by atoms with Gasteiger partial charge in [-0.1, -0.05) is 12.1 Å². The lowest BCUT2D eigenvalue weighted by atomic mass is 10.0. The molecule has 4 heteroatoms. The first-order valence-electron chi connectivity index (χ1n) is 8.29. The Morgan fingerprint density at radius 3 is 1.75 bits per heavy atom. The van der Waals surface area contributed by atoms with E-state index in [0.29, 0.717) is 0 Å². The van der Waals surface area contributed by atoms with Gasteiger partial charge in [-0.25, -0.2) is 0 Å². The van der Waals surface area contributed by atoms with E-state index in [-0.39, 0.29) is 0 Å². The Labute approximate surface area is 145 Å². The summed E-state index contributed by atoms with van der Waals surface area (Å²) in [6.07, 6.45) is 0.745. The zero-order chi connectivity index (χ0) is 17.5. The summed E-state index contributed by atoms with van der Waals surface area (Å²) < 4.78 is 16.4. The molecule has 0 aliphatic heterocycles. The summed E-state index contributed by atoms with van der Waals surface area (Å²) in [7, 11) is 4.97. The van der Waals surface area contributed by atoms with Crippen LogP contribution in [0.15, 0.2) is 36.4 Å². The molecule has 0 saturated heterocycles. The lowest BCUT2D eigenvalue weighted by Gasteiger charge is -2.21. The van der Waals surface area contributed by atoms with Crippen LogP contribution in [-0.2, 0) is 6.42 Å². The smallest absolute Gasteiger partial charge is 0.129 e. The second-order valence-electron chi connectivity index (χ2n) is 5.53. The quantitative estimate of drug-likeness (QED) is 0.728. The van der Waals surface area contributed by atoms with Crippen LogP contribution in [0.2, 0.25) is 0 Å². The molecule has 0 saturated carbocycles. The molecule has 0 radical (unpaired) electrons. The van der Waals surface area contributed by atoms with Crippen LogP contribution < -0.4 is 19.1 Å². The molecule has 0 unspecified atom stereocenters. The molecule has 0 heterocycles. The van der Waals surface area contributed by atoms with E-state index >= 15 is 0 Å². The molecule has 2 rings (SSSR count). The van der Waals surface area contributed by atoms with Crippen LogP contribution >= 0.6 is 0 Å². The minimum Gasteiger partial charge on any atom is -0.496 e. The molecular weight excluding hydrogens is 302 g/mol. The third kappa shape index (κ3) is 3.94. The zero-order valence-electron chi connectivity index (χ0n) is 15.3. The minimum atomic E-state index is 0.726. The molecule has 0 N–H and O–H groups in total. The average molecular weight is 329 g/mol. The van der Waals surface area contributed by atoms with Gasteiger partial charge in [0.1, 0.15) is 17.2 Å². The molecule has 0 bridgehead atoms. The van der Waals surface area contributed by atoms with Crippen LogP contribution in [0.4, 0.5) is 5.69 Å². The van der Waals surface area contributed by atoms with Crippen LogP contribution in [0.25, 0.3) is 0 Å². The highest BCUT2D eigenvalue weighted by atomic mass is 16.5. The minimum absolute atomic E-state index is 0.726. The fourth-order valence-corrected chi connectivity index (χ4v) is 2.87. The molecule has 0 amide bonds. The predicted octanol–water partition coefficient (Wildman–Crippen LogP) is 4.15. The standard InChI is InChI=1S/C20H27NO3/c1-6-21(7-2)16-10-8-15(9-11-16)12-18-19(23-4)13-17(22-3)14-20(18)24-5/h8-11,13-14H,6-7,12H2,1-5H3. The van der Waals surface area contributed by atoms with Gasteiger partial charge >= 0.3 is 0 Å². The van der Waals surface area contributed by atoms with Gasteiger partial charge < -0.3 is 19.1 Å². The van der Waals surface area contributed by atoms with Gasteiger partial charge in [-0.2, -0.15) is 0 Å². The normalized spacial score (nSPS) is 10.4. The Morgan fingerprint density at radius 1 is 0.792 bits per heavy atom. The van der Waals surface area contributed by atoms with Gasteiger partial charge in [-0.05, 0) is 31.5 Å². The fourth-order valence-electron chi connectivity index (χ4n) is 2.87. The number of benzene rings is 2.